The van der Waals surface area contributed by atoms with Crippen LogP contribution in [0, 0.1) is 0 Å². The summed E-state index contributed by atoms with van der Waals surface area (Å²) in [4.78, 5) is 26.7. The van der Waals surface area contributed by atoms with E-state index in [9.17, 15) is 9.59 Å². The summed E-state index contributed by atoms with van der Waals surface area (Å²) in [5, 5.41) is 6.06. The average molecular weight is 376 g/mol. The third-order valence-corrected chi connectivity index (χ3v) is 4.33. The van der Waals surface area contributed by atoms with E-state index in [1.165, 1.54) is 0 Å². The summed E-state index contributed by atoms with van der Waals surface area (Å²) in [6.45, 7) is 17.4. The molecule has 0 unspecified atom stereocenters. The standard InChI is InChI=1S/C22H37N3O2/c1-9-25(14-20(27)24-22(6,7)8)13-19(26)23-21-17(15(2)3)11-10-12-18(21)16(4)5/h10-12,15-16H,9,13-14H2,1-8H3,(H,23,26)(H,24,27). The van der Waals surface area contributed by atoms with E-state index in [1.54, 1.807) is 0 Å². The van der Waals surface area contributed by atoms with E-state index in [0.29, 0.717) is 18.4 Å². The van der Waals surface area contributed by atoms with Gasteiger partial charge in [0.05, 0.1) is 13.1 Å². The molecule has 0 saturated heterocycles. The van der Waals surface area contributed by atoms with Crippen LogP contribution in [0.1, 0.15) is 78.4 Å². The topological polar surface area (TPSA) is 61.4 Å². The fourth-order valence-corrected chi connectivity index (χ4v) is 3.02. The van der Waals surface area contributed by atoms with Gasteiger partial charge in [-0.15, -0.1) is 0 Å². The van der Waals surface area contributed by atoms with E-state index in [2.05, 4.69) is 56.5 Å². The number of anilines is 1. The van der Waals surface area contributed by atoms with Crippen LogP contribution >= 0.6 is 0 Å². The summed E-state index contributed by atoms with van der Waals surface area (Å²) in [5.41, 5.74) is 2.93. The highest BCUT2D eigenvalue weighted by atomic mass is 16.2. The summed E-state index contributed by atoms with van der Waals surface area (Å²) < 4.78 is 0. The molecule has 1 aromatic carbocycles. The van der Waals surface area contributed by atoms with Crippen LogP contribution in [0.4, 0.5) is 5.69 Å². The lowest BCUT2D eigenvalue weighted by molar-refractivity contribution is -0.124. The summed E-state index contributed by atoms with van der Waals surface area (Å²) in [6, 6.07) is 6.19. The Kier molecular flexibility index (Phi) is 8.48. The largest absolute Gasteiger partial charge is 0.350 e. The molecule has 0 aromatic heterocycles. The molecule has 0 atom stereocenters. The third kappa shape index (κ3) is 7.71. The van der Waals surface area contributed by atoms with Crippen LogP contribution in [0.5, 0.6) is 0 Å². The van der Waals surface area contributed by atoms with Crippen LogP contribution in [0.3, 0.4) is 0 Å². The second kappa shape index (κ2) is 9.88. The van der Waals surface area contributed by atoms with Crippen molar-refractivity contribution < 1.29 is 9.59 Å². The van der Waals surface area contributed by atoms with Gasteiger partial charge in [-0.05, 0) is 50.3 Å². The minimum Gasteiger partial charge on any atom is -0.350 e. The SMILES string of the molecule is CCN(CC(=O)Nc1c(C(C)C)cccc1C(C)C)CC(=O)NC(C)(C)C. The molecule has 2 N–H and O–H groups in total. The molecule has 0 bridgehead atoms. The number of hydrogen-bond acceptors (Lipinski definition) is 3. The Bertz CT molecular complexity index is 619. The van der Waals surface area contributed by atoms with Crippen molar-refractivity contribution in [3.63, 3.8) is 0 Å². The molecule has 2 amide bonds. The molecule has 27 heavy (non-hydrogen) atoms. The van der Waals surface area contributed by atoms with Gasteiger partial charge >= 0.3 is 0 Å². The molecule has 1 rings (SSSR count). The second-order valence-electron chi connectivity index (χ2n) is 8.77. The Morgan fingerprint density at radius 3 is 1.85 bits per heavy atom. The summed E-state index contributed by atoms with van der Waals surface area (Å²) in [6.07, 6.45) is 0. The molecule has 5 nitrogen and oxygen atoms in total. The van der Waals surface area contributed by atoms with Gasteiger partial charge < -0.3 is 10.6 Å². The Morgan fingerprint density at radius 1 is 0.963 bits per heavy atom. The van der Waals surface area contributed by atoms with E-state index in [1.807, 2.05) is 32.6 Å². The molecule has 5 heteroatoms. The summed E-state index contributed by atoms with van der Waals surface area (Å²) in [7, 11) is 0. The molecular weight excluding hydrogens is 338 g/mol. The van der Waals surface area contributed by atoms with Crippen molar-refractivity contribution in [2.24, 2.45) is 0 Å². The predicted molar refractivity (Wildman–Crippen MR) is 113 cm³/mol. The minimum absolute atomic E-state index is 0.0670. The fraction of sp³-hybridized carbons (Fsp3) is 0.636. The first-order valence-corrected chi connectivity index (χ1v) is 9.90. The van der Waals surface area contributed by atoms with Gasteiger partial charge in [0.2, 0.25) is 11.8 Å². The maximum atomic E-state index is 12.7. The summed E-state index contributed by atoms with van der Waals surface area (Å²) >= 11 is 0. The van der Waals surface area contributed by atoms with Gasteiger partial charge in [-0.1, -0.05) is 52.8 Å². The van der Waals surface area contributed by atoms with Gasteiger partial charge in [0.15, 0.2) is 0 Å². The van der Waals surface area contributed by atoms with E-state index in [-0.39, 0.29) is 30.4 Å². The third-order valence-electron chi connectivity index (χ3n) is 4.33. The van der Waals surface area contributed by atoms with Gasteiger partial charge in [0.1, 0.15) is 0 Å². The molecule has 0 aliphatic heterocycles. The Balaban J connectivity index is 2.88. The van der Waals surface area contributed by atoms with Gasteiger partial charge in [-0.3, -0.25) is 14.5 Å². The molecule has 0 spiro atoms. The van der Waals surface area contributed by atoms with Crippen molar-refractivity contribution in [1.29, 1.82) is 0 Å². The first kappa shape index (κ1) is 23.2. The zero-order valence-corrected chi connectivity index (χ0v) is 18.3. The van der Waals surface area contributed by atoms with E-state index in [0.717, 1.165) is 16.8 Å². The van der Waals surface area contributed by atoms with Gasteiger partial charge in [-0.2, -0.15) is 0 Å². The van der Waals surface area contributed by atoms with Gasteiger partial charge in [-0.25, -0.2) is 0 Å². The fourth-order valence-electron chi connectivity index (χ4n) is 3.02. The highest BCUT2D eigenvalue weighted by Gasteiger charge is 2.20. The van der Waals surface area contributed by atoms with Crippen molar-refractivity contribution >= 4 is 17.5 Å². The second-order valence-corrected chi connectivity index (χ2v) is 8.77. The lowest BCUT2D eigenvalue weighted by atomic mass is 9.92. The maximum absolute atomic E-state index is 12.7. The number of carbonyl (C=O) groups excluding carboxylic acids is 2. The molecule has 0 saturated carbocycles. The van der Waals surface area contributed by atoms with Crippen LogP contribution in [0.15, 0.2) is 18.2 Å². The van der Waals surface area contributed by atoms with Crippen LogP contribution in [-0.2, 0) is 9.59 Å². The highest BCUT2D eigenvalue weighted by Crippen LogP contribution is 2.32. The van der Waals surface area contributed by atoms with Crippen LogP contribution in [0.2, 0.25) is 0 Å². The molecule has 0 aliphatic carbocycles. The Hall–Kier alpha value is -1.88. The number of nitrogens with zero attached hydrogens (tertiary/aromatic N) is 1. The molecule has 0 aliphatic rings. The molecule has 152 valence electrons. The van der Waals surface area contributed by atoms with Gasteiger partial charge in [0, 0.05) is 11.2 Å². The number of likely N-dealkylation sites (N-methyl/N-ethyl adjacent to an activating group) is 1. The lowest BCUT2D eigenvalue weighted by Crippen LogP contribution is -2.47. The Morgan fingerprint density at radius 2 is 1.44 bits per heavy atom. The number of para-hydroxylation sites is 1. The van der Waals surface area contributed by atoms with Crippen LogP contribution < -0.4 is 10.6 Å². The highest BCUT2D eigenvalue weighted by molar-refractivity contribution is 5.94. The van der Waals surface area contributed by atoms with E-state index >= 15 is 0 Å². The lowest BCUT2D eigenvalue weighted by Gasteiger charge is -2.25. The number of hydrogen-bond donors (Lipinski definition) is 2. The smallest absolute Gasteiger partial charge is 0.238 e. The van der Waals surface area contributed by atoms with E-state index in [4.69, 9.17) is 0 Å². The van der Waals surface area contributed by atoms with Crippen molar-refractivity contribution in [2.75, 3.05) is 25.0 Å². The molecule has 0 radical (unpaired) electrons. The first-order valence-electron chi connectivity index (χ1n) is 9.90. The zero-order valence-electron chi connectivity index (χ0n) is 18.3. The van der Waals surface area contributed by atoms with Crippen molar-refractivity contribution in [2.45, 2.75) is 72.8 Å². The minimum atomic E-state index is -0.277. The average Bonchev–Trinajstić information content (AvgIpc) is 2.51. The number of amides is 2. The van der Waals surface area contributed by atoms with Crippen molar-refractivity contribution in [3.8, 4) is 0 Å². The van der Waals surface area contributed by atoms with E-state index < -0.39 is 0 Å². The number of nitrogens with one attached hydrogen (secondary N) is 2. The zero-order chi connectivity index (χ0) is 20.8. The summed E-state index contributed by atoms with van der Waals surface area (Å²) in [5.74, 6) is 0.482. The number of carbonyl (C=O) groups is 2. The molecule has 0 heterocycles. The number of rotatable bonds is 8. The first-order chi connectivity index (χ1) is 12.4. The normalized spacial score (nSPS) is 12.0. The number of benzene rings is 1. The Labute approximate surface area is 164 Å². The molecular formula is C22H37N3O2. The molecule has 1 aromatic rings. The monoisotopic (exact) mass is 375 g/mol. The maximum Gasteiger partial charge on any atom is 0.238 e. The van der Waals surface area contributed by atoms with Crippen LogP contribution in [-0.4, -0.2) is 41.9 Å². The van der Waals surface area contributed by atoms with Crippen molar-refractivity contribution in [3.05, 3.63) is 29.3 Å². The quantitative estimate of drug-likeness (QED) is 0.719. The predicted octanol–water partition coefficient (Wildman–Crippen LogP) is 4.11. The molecule has 0 fully saturated rings. The van der Waals surface area contributed by atoms with Crippen LogP contribution in [0.25, 0.3) is 0 Å². The van der Waals surface area contributed by atoms with Crippen molar-refractivity contribution in [1.82, 2.24) is 10.2 Å². The van der Waals surface area contributed by atoms with Gasteiger partial charge in [0.25, 0.3) is 0 Å².